The zero-order valence-corrected chi connectivity index (χ0v) is 11.8. The molecule has 0 amide bonds. The Labute approximate surface area is 105 Å². The number of ether oxygens (including phenoxy) is 1. The topological polar surface area (TPSA) is 44.7 Å². The monoisotopic (exact) mass is 244 g/mol. The molecule has 1 heterocycles. The van der Waals surface area contributed by atoms with Gasteiger partial charge in [-0.2, -0.15) is 0 Å². The third-order valence-electron chi connectivity index (χ3n) is 4.10. The van der Waals surface area contributed by atoms with Gasteiger partial charge >= 0.3 is 0 Å². The molecule has 4 nitrogen and oxygen atoms in total. The van der Waals surface area contributed by atoms with E-state index in [1.54, 1.807) is 0 Å². The average molecular weight is 244 g/mol. The number of nitrogens with zero attached hydrogens (tertiary/aromatic N) is 1. The third kappa shape index (κ3) is 3.91. The van der Waals surface area contributed by atoms with Crippen molar-refractivity contribution in [3.8, 4) is 0 Å². The first-order valence-electron chi connectivity index (χ1n) is 6.50. The number of likely N-dealkylation sites (N-methyl/N-ethyl adjacent to an activating group) is 1. The Hall–Kier alpha value is -0.160. The summed E-state index contributed by atoms with van der Waals surface area (Å²) in [6, 6.07) is 0. The van der Waals surface area contributed by atoms with Crippen molar-refractivity contribution in [1.29, 1.82) is 0 Å². The minimum atomic E-state index is -0.154. The van der Waals surface area contributed by atoms with E-state index in [9.17, 15) is 5.11 Å². The number of hydrogen-bond acceptors (Lipinski definition) is 4. The quantitative estimate of drug-likeness (QED) is 0.722. The molecule has 1 aliphatic rings. The molecular weight excluding hydrogens is 216 g/mol. The Morgan fingerprint density at radius 2 is 1.94 bits per heavy atom. The lowest BCUT2D eigenvalue weighted by molar-refractivity contribution is -0.0245. The van der Waals surface area contributed by atoms with Gasteiger partial charge in [0.2, 0.25) is 0 Å². The van der Waals surface area contributed by atoms with Crippen molar-refractivity contribution in [2.24, 2.45) is 5.41 Å². The average Bonchev–Trinajstić information content (AvgIpc) is 2.30. The van der Waals surface area contributed by atoms with E-state index < -0.39 is 0 Å². The predicted molar refractivity (Wildman–Crippen MR) is 70.2 cm³/mol. The Kier molecular flexibility index (Phi) is 5.38. The molecule has 0 spiro atoms. The van der Waals surface area contributed by atoms with Gasteiger partial charge in [0.25, 0.3) is 0 Å². The molecular formula is C13H28N2O2. The fourth-order valence-corrected chi connectivity index (χ4v) is 2.41. The molecule has 1 saturated heterocycles. The second-order valence-corrected chi connectivity index (χ2v) is 5.97. The summed E-state index contributed by atoms with van der Waals surface area (Å²) in [7, 11) is 4.11. The highest BCUT2D eigenvalue weighted by molar-refractivity contribution is 4.90. The highest BCUT2D eigenvalue weighted by Gasteiger charge is 2.36. The highest BCUT2D eigenvalue weighted by atomic mass is 16.5. The van der Waals surface area contributed by atoms with E-state index in [0.717, 1.165) is 39.1 Å². The van der Waals surface area contributed by atoms with Gasteiger partial charge in [0.1, 0.15) is 0 Å². The van der Waals surface area contributed by atoms with Crippen LogP contribution in [0.25, 0.3) is 0 Å². The SMILES string of the molecule is CNCC1(CN(C)C(C)(C)CO)CCOCC1. The summed E-state index contributed by atoms with van der Waals surface area (Å²) in [4.78, 5) is 2.27. The van der Waals surface area contributed by atoms with E-state index >= 15 is 0 Å². The van der Waals surface area contributed by atoms with Crippen LogP contribution in [0.15, 0.2) is 0 Å². The van der Waals surface area contributed by atoms with Gasteiger partial charge in [0, 0.05) is 31.8 Å². The van der Waals surface area contributed by atoms with Crippen molar-refractivity contribution < 1.29 is 9.84 Å². The number of hydrogen-bond donors (Lipinski definition) is 2. The summed E-state index contributed by atoms with van der Waals surface area (Å²) >= 11 is 0. The molecule has 0 aromatic rings. The van der Waals surface area contributed by atoms with Gasteiger partial charge < -0.3 is 15.2 Å². The van der Waals surface area contributed by atoms with Gasteiger partial charge in [-0.05, 0) is 46.2 Å². The van der Waals surface area contributed by atoms with Crippen LogP contribution in [-0.2, 0) is 4.74 Å². The molecule has 4 heteroatoms. The van der Waals surface area contributed by atoms with Crippen molar-refractivity contribution >= 4 is 0 Å². The Morgan fingerprint density at radius 1 is 1.35 bits per heavy atom. The number of aliphatic hydroxyl groups is 1. The molecule has 1 aliphatic heterocycles. The Balaban J connectivity index is 2.65. The van der Waals surface area contributed by atoms with E-state index in [0.29, 0.717) is 0 Å². The fourth-order valence-electron chi connectivity index (χ4n) is 2.41. The number of aliphatic hydroxyl groups excluding tert-OH is 1. The van der Waals surface area contributed by atoms with E-state index in [1.807, 2.05) is 7.05 Å². The summed E-state index contributed by atoms with van der Waals surface area (Å²) in [5.41, 5.74) is 0.132. The minimum absolute atomic E-state index is 0.154. The molecule has 0 unspecified atom stereocenters. The zero-order chi connectivity index (χ0) is 12.9. The maximum Gasteiger partial charge on any atom is 0.0609 e. The molecule has 0 aromatic heterocycles. The van der Waals surface area contributed by atoms with Crippen LogP contribution in [0.1, 0.15) is 26.7 Å². The summed E-state index contributed by atoms with van der Waals surface area (Å²) in [6.45, 7) is 8.09. The maximum atomic E-state index is 9.43. The lowest BCUT2D eigenvalue weighted by Crippen LogP contribution is -2.53. The first-order valence-corrected chi connectivity index (χ1v) is 6.50. The van der Waals surface area contributed by atoms with Crippen LogP contribution < -0.4 is 5.32 Å². The molecule has 17 heavy (non-hydrogen) atoms. The second-order valence-electron chi connectivity index (χ2n) is 5.97. The molecule has 102 valence electrons. The van der Waals surface area contributed by atoms with Crippen LogP contribution in [0.2, 0.25) is 0 Å². The molecule has 1 fully saturated rings. The van der Waals surface area contributed by atoms with Crippen molar-refractivity contribution in [1.82, 2.24) is 10.2 Å². The zero-order valence-electron chi connectivity index (χ0n) is 11.8. The van der Waals surface area contributed by atoms with Gasteiger partial charge in [0.15, 0.2) is 0 Å². The number of nitrogens with one attached hydrogen (secondary N) is 1. The second kappa shape index (κ2) is 6.14. The van der Waals surface area contributed by atoms with Crippen molar-refractivity contribution in [3.63, 3.8) is 0 Å². The minimum Gasteiger partial charge on any atom is -0.394 e. The van der Waals surface area contributed by atoms with Gasteiger partial charge in [-0.25, -0.2) is 0 Å². The standard InChI is InChI=1S/C13H28N2O2/c1-12(2,11-16)15(4)10-13(9-14-3)5-7-17-8-6-13/h14,16H,5-11H2,1-4H3. The predicted octanol–water partition coefficient (Wildman–Crippen LogP) is 0.705. The molecule has 0 aliphatic carbocycles. The van der Waals surface area contributed by atoms with E-state index in [2.05, 4.69) is 31.1 Å². The highest BCUT2D eigenvalue weighted by Crippen LogP contribution is 2.32. The smallest absolute Gasteiger partial charge is 0.0609 e. The molecule has 1 rings (SSSR count). The van der Waals surface area contributed by atoms with E-state index in [-0.39, 0.29) is 17.6 Å². The van der Waals surface area contributed by atoms with Crippen molar-refractivity contribution in [3.05, 3.63) is 0 Å². The van der Waals surface area contributed by atoms with Gasteiger partial charge in [-0.1, -0.05) is 0 Å². The fraction of sp³-hybridized carbons (Fsp3) is 1.00. The van der Waals surface area contributed by atoms with Crippen LogP contribution in [0.3, 0.4) is 0 Å². The largest absolute Gasteiger partial charge is 0.394 e. The number of rotatable bonds is 6. The van der Waals surface area contributed by atoms with Gasteiger partial charge in [-0.3, -0.25) is 4.90 Å². The molecule has 0 bridgehead atoms. The lowest BCUT2D eigenvalue weighted by atomic mass is 9.79. The Bertz CT molecular complexity index is 220. The Morgan fingerprint density at radius 3 is 2.41 bits per heavy atom. The first-order chi connectivity index (χ1) is 7.96. The molecule has 0 radical (unpaired) electrons. The summed E-state index contributed by atoms with van der Waals surface area (Å²) in [5.74, 6) is 0. The van der Waals surface area contributed by atoms with Gasteiger partial charge in [-0.15, -0.1) is 0 Å². The van der Waals surface area contributed by atoms with E-state index in [4.69, 9.17) is 4.74 Å². The van der Waals surface area contributed by atoms with E-state index in [1.165, 1.54) is 0 Å². The lowest BCUT2D eigenvalue weighted by Gasteiger charge is -2.44. The molecule has 2 N–H and O–H groups in total. The first kappa shape index (κ1) is 14.9. The van der Waals surface area contributed by atoms with Gasteiger partial charge in [0.05, 0.1) is 6.61 Å². The normalized spacial score (nSPS) is 20.8. The maximum absolute atomic E-state index is 9.43. The summed E-state index contributed by atoms with van der Waals surface area (Å²) in [5, 5.41) is 12.7. The van der Waals surface area contributed by atoms with Crippen LogP contribution >= 0.6 is 0 Å². The van der Waals surface area contributed by atoms with Crippen LogP contribution in [0.4, 0.5) is 0 Å². The molecule has 0 aromatic carbocycles. The van der Waals surface area contributed by atoms with Crippen molar-refractivity contribution in [2.75, 3.05) is 47.0 Å². The van der Waals surface area contributed by atoms with Crippen molar-refractivity contribution in [2.45, 2.75) is 32.2 Å². The molecule has 0 atom stereocenters. The molecule has 0 saturated carbocycles. The third-order valence-corrected chi connectivity index (χ3v) is 4.10. The summed E-state index contributed by atoms with van der Waals surface area (Å²) in [6.07, 6.45) is 2.19. The van der Waals surface area contributed by atoms with Crippen LogP contribution in [0.5, 0.6) is 0 Å². The van der Waals surface area contributed by atoms with Crippen LogP contribution in [0, 0.1) is 5.41 Å². The summed E-state index contributed by atoms with van der Waals surface area (Å²) < 4.78 is 5.47. The van der Waals surface area contributed by atoms with Crippen LogP contribution in [-0.4, -0.2) is 62.6 Å².